The first kappa shape index (κ1) is 18.4. The number of hydrogen-bond donors (Lipinski definition) is 2. The fourth-order valence-corrected chi connectivity index (χ4v) is 2.62. The summed E-state index contributed by atoms with van der Waals surface area (Å²) in [4.78, 5) is 37.6. The molecule has 132 valence electrons. The minimum atomic E-state index is -1.09. The molecule has 1 aromatic carbocycles. The lowest BCUT2D eigenvalue weighted by Gasteiger charge is -2.31. The van der Waals surface area contributed by atoms with Crippen LogP contribution in [0.15, 0.2) is 48.7 Å². The summed E-state index contributed by atoms with van der Waals surface area (Å²) in [5, 5.41) is 5.34. The van der Waals surface area contributed by atoms with Gasteiger partial charge in [-0.2, -0.15) is 0 Å². The molecule has 0 aromatic heterocycles. The Labute approximate surface area is 147 Å². The molecule has 0 radical (unpaired) electrons. The van der Waals surface area contributed by atoms with Crippen LogP contribution in [0.2, 0.25) is 0 Å². The van der Waals surface area contributed by atoms with E-state index in [0.29, 0.717) is 11.6 Å². The van der Waals surface area contributed by atoms with Crippen LogP contribution in [0.3, 0.4) is 0 Å². The van der Waals surface area contributed by atoms with Crippen molar-refractivity contribution in [2.75, 3.05) is 11.9 Å². The topological polar surface area (TPSA) is 78.5 Å². The van der Waals surface area contributed by atoms with Crippen molar-refractivity contribution in [2.24, 2.45) is 5.92 Å². The second-order valence-electron chi connectivity index (χ2n) is 6.11. The smallest absolute Gasteiger partial charge is 0.331 e. The molecule has 6 nitrogen and oxygen atoms in total. The lowest BCUT2D eigenvalue weighted by atomic mass is 9.99. The molecule has 0 aliphatic carbocycles. The number of anilines is 1. The number of carbonyl (C=O) groups is 3. The van der Waals surface area contributed by atoms with Gasteiger partial charge < -0.3 is 5.32 Å². The van der Waals surface area contributed by atoms with Crippen LogP contribution >= 0.6 is 0 Å². The molecule has 2 rings (SSSR count). The zero-order chi connectivity index (χ0) is 18.6. The summed E-state index contributed by atoms with van der Waals surface area (Å²) in [6.45, 7) is 9.53. The average Bonchev–Trinajstić information content (AvgIpc) is 2.57. The Balaban J connectivity index is 2.23. The summed E-state index contributed by atoms with van der Waals surface area (Å²) >= 11 is 0. The Kier molecular flexibility index (Phi) is 5.75. The molecule has 6 heteroatoms. The van der Waals surface area contributed by atoms with Gasteiger partial charge in [0.2, 0.25) is 11.8 Å². The predicted molar refractivity (Wildman–Crippen MR) is 96.8 cm³/mol. The maximum atomic E-state index is 12.6. The van der Waals surface area contributed by atoms with Crippen LogP contribution in [-0.4, -0.2) is 29.3 Å². The summed E-state index contributed by atoms with van der Waals surface area (Å²) in [5.41, 5.74) is 2.40. The van der Waals surface area contributed by atoms with E-state index in [0.717, 1.165) is 10.6 Å². The number of amides is 4. The summed E-state index contributed by atoms with van der Waals surface area (Å²) in [7, 11) is 0. The van der Waals surface area contributed by atoms with Crippen molar-refractivity contribution >= 4 is 23.5 Å². The standard InChI is InChI=1S/C19H23N3O3/c1-5-11-22-18(24)16(17(23)21-19(22)25)15(6-2)20-14-9-7-13(8-10-14)12(3)4/h5-10,12,16,20H,1,11H2,2-4H3,(H,21,23,25)/b15-6+/t16-/m1/s1. The van der Waals surface area contributed by atoms with E-state index in [-0.39, 0.29) is 6.54 Å². The van der Waals surface area contributed by atoms with Gasteiger partial charge in [0.25, 0.3) is 0 Å². The number of carbonyl (C=O) groups excluding carboxylic acids is 3. The van der Waals surface area contributed by atoms with Crippen LogP contribution in [0.4, 0.5) is 10.5 Å². The van der Waals surface area contributed by atoms with Gasteiger partial charge in [0.1, 0.15) is 0 Å². The lowest BCUT2D eigenvalue weighted by Crippen LogP contribution is -2.58. The van der Waals surface area contributed by atoms with Gasteiger partial charge in [-0.05, 0) is 30.5 Å². The van der Waals surface area contributed by atoms with Crippen molar-refractivity contribution in [3.8, 4) is 0 Å². The fourth-order valence-electron chi connectivity index (χ4n) is 2.62. The predicted octanol–water partition coefficient (Wildman–Crippen LogP) is 3.01. The van der Waals surface area contributed by atoms with Crippen molar-refractivity contribution < 1.29 is 14.4 Å². The quantitative estimate of drug-likeness (QED) is 0.616. The number of rotatable bonds is 6. The molecule has 0 unspecified atom stereocenters. The maximum Gasteiger partial charge on any atom is 0.331 e. The number of nitrogens with one attached hydrogen (secondary N) is 2. The minimum Gasteiger partial charge on any atom is -0.358 e. The van der Waals surface area contributed by atoms with Crippen LogP contribution in [0.1, 0.15) is 32.3 Å². The van der Waals surface area contributed by atoms with E-state index in [9.17, 15) is 14.4 Å². The van der Waals surface area contributed by atoms with Gasteiger partial charge in [-0.15, -0.1) is 6.58 Å². The molecule has 4 amide bonds. The molecular weight excluding hydrogens is 318 g/mol. The van der Waals surface area contributed by atoms with Crippen molar-refractivity contribution in [1.82, 2.24) is 10.2 Å². The van der Waals surface area contributed by atoms with Crippen molar-refractivity contribution in [2.45, 2.75) is 26.7 Å². The van der Waals surface area contributed by atoms with E-state index < -0.39 is 23.8 Å². The number of hydrogen-bond acceptors (Lipinski definition) is 4. The average molecular weight is 341 g/mol. The normalized spacial score (nSPS) is 18.4. The summed E-state index contributed by atoms with van der Waals surface area (Å²) in [5.74, 6) is -1.87. The highest BCUT2D eigenvalue weighted by Gasteiger charge is 2.41. The number of allylic oxidation sites excluding steroid dienone is 1. The van der Waals surface area contributed by atoms with E-state index in [1.807, 2.05) is 24.3 Å². The number of barbiturate groups is 1. The molecule has 1 heterocycles. The first-order valence-electron chi connectivity index (χ1n) is 8.19. The van der Waals surface area contributed by atoms with Gasteiger partial charge in [0.15, 0.2) is 5.92 Å². The SMILES string of the molecule is C=CCN1C(=O)NC(=O)[C@@H](/C(=C\C)Nc2ccc(C(C)C)cc2)C1=O. The van der Waals surface area contributed by atoms with E-state index in [1.54, 1.807) is 13.0 Å². The Morgan fingerprint density at radius 1 is 1.28 bits per heavy atom. The first-order valence-corrected chi connectivity index (χ1v) is 8.19. The Hall–Kier alpha value is -2.89. The molecule has 2 N–H and O–H groups in total. The second kappa shape index (κ2) is 7.79. The van der Waals surface area contributed by atoms with Crippen molar-refractivity contribution in [3.05, 3.63) is 54.3 Å². The van der Waals surface area contributed by atoms with E-state index in [2.05, 4.69) is 31.1 Å². The van der Waals surface area contributed by atoms with Crippen LogP contribution in [0.5, 0.6) is 0 Å². The molecule has 0 spiro atoms. The Morgan fingerprint density at radius 2 is 1.92 bits per heavy atom. The van der Waals surface area contributed by atoms with Crippen LogP contribution < -0.4 is 10.6 Å². The van der Waals surface area contributed by atoms with Gasteiger partial charge in [-0.3, -0.25) is 19.8 Å². The zero-order valence-electron chi connectivity index (χ0n) is 14.7. The molecule has 1 saturated heterocycles. The second-order valence-corrected chi connectivity index (χ2v) is 6.11. The molecular formula is C19H23N3O3. The maximum absolute atomic E-state index is 12.6. The molecule has 1 aliphatic heterocycles. The lowest BCUT2D eigenvalue weighted by molar-refractivity contribution is -0.140. The van der Waals surface area contributed by atoms with E-state index in [4.69, 9.17) is 0 Å². The van der Waals surface area contributed by atoms with E-state index in [1.165, 1.54) is 11.6 Å². The third-order valence-corrected chi connectivity index (χ3v) is 4.05. The van der Waals surface area contributed by atoms with Crippen molar-refractivity contribution in [3.63, 3.8) is 0 Å². The number of imide groups is 2. The molecule has 0 saturated carbocycles. The van der Waals surface area contributed by atoms with Gasteiger partial charge in [0.05, 0.1) is 0 Å². The Morgan fingerprint density at radius 3 is 2.44 bits per heavy atom. The highest BCUT2D eigenvalue weighted by atomic mass is 16.2. The van der Waals surface area contributed by atoms with Gasteiger partial charge in [0, 0.05) is 17.9 Å². The third-order valence-electron chi connectivity index (χ3n) is 4.05. The zero-order valence-corrected chi connectivity index (χ0v) is 14.7. The summed E-state index contributed by atoms with van der Waals surface area (Å²) in [6.07, 6.45) is 3.11. The summed E-state index contributed by atoms with van der Waals surface area (Å²) < 4.78 is 0. The van der Waals surface area contributed by atoms with E-state index >= 15 is 0 Å². The van der Waals surface area contributed by atoms with Crippen molar-refractivity contribution in [1.29, 1.82) is 0 Å². The molecule has 1 fully saturated rings. The number of nitrogens with zero attached hydrogens (tertiary/aromatic N) is 1. The van der Waals surface area contributed by atoms with Crippen LogP contribution in [-0.2, 0) is 9.59 Å². The Bertz CT molecular complexity index is 720. The monoisotopic (exact) mass is 341 g/mol. The number of benzene rings is 1. The molecule has 1 aliphatic rings. The van der Waals surface area contributed by atoms with Gasteiger partial charge >= 0.3 is 6.03 Å². The molecule has 1 aromatic rings. The highest BCUT2D eigenvalue weighted by molar-refractivity contribution is 6.18. The first-order chi connectivity index (χ1) is 11.9. The van der Waals surface area contributed by atoms with Crippen LogP contribution in [0, 0.1) is 5.92 Å². The number of urea groups is 1. The molecule has 25 heavy (non-hydrogen) atoms. The third kappa shape index (κ3) is 3.96. The van der Waals surface area contributed by atoms with Gasteiger partial charge in [-0.25, -0.2) is 4.79 Å². The summed E-state index contributed by atoms with van der Waals surface area (Å²) in [6, 6.07) is 7.07. The van der Waals surface area contributed by atoms with Gasteiger partial charge in [-0.1, -0.05) is 38.1 Å². The molecule has 1 atom stereocenters. The fraction of sp³-hybridized carbons (Fsp3) is 0.316. The highest BCUT2D eigenvalue weighted by Crippen LogP contribution is 2.23. The largest absolute Gasteiger partial charge is 0.358 e. The van der Waals surface area contributed by atoms with Crippen LogP contribution in [0.25, 0.3) is 0 Å². The molecule has 0 bridgehead atoms. The minimum absolute atomic E-state index is 0.0501.